The summed E-state index contributed by atoms with van der Waals surface area (Å²) < 4.78 is 19.9. The Labute approximate surface area is 189 Å². The first kappa shape index (κ1) is 33.3. The van der Waals surface area contributed by atoms with Crippen LogP contribution in [0.5, 0.6) is 0 Å². The van der Waals surface area contributed by atoms with E-state index >= 15 is 0 Å². The zero-order valence-electron chi connectivity index (χ0n) is 17.4. The average molecular weight is 516 g/mol. The zero-order chi connectivity index (χ0) is 20.3. The van der Waals surface area contributed by atoms with E-state index in [2.05, 4.69) is 23.6 Å². The summed E-state index contributed by atoms with van der Waals surface area (Å²) in [4.78, 5) is 22.7. The van der Waals surface area contributed by atoms with Gasteiger partial charge in [-0.2, -0.15) is 0 Å². The summed E-state index contributed by atoms with van der Waals surface area (Å²) in [5.41, 5.74) is 0. The number of unbranched alkanes of at least 4 members (excludes halogenated alkanes) is 4. The molecule has 0 atom stereocenters. The van der Waals surface area contributed by atoms with Gasteiger partial charge in [-0.3, -0.25) is 0 Å². The van der Waals surface area contributed by atoms with Crippen LogP contribution in [0.25, 0.3) is 0 Å². The van der Waals surface area contributed by atoms with E-state index in [0.717, 1.165) is 51.4 Å². The molecule has 0 aromatic carbocycles. The molecule has 0 amide bonds. The van der Waals surface area contributed by atoms with Crippen molar-refractivity contribution >= 4 is 37.1 Å². The van der Waals surface area contributed by atoms with Crippen LogP contribution in [0, 0.1) is 0 Å². The topological polar surface area (TPSA) is 83.0 Å². The summed E-state index contributed by atoms with van der Waals surface area (Å²) >= 11 is 9.36. The summed E-state index contributed by atoms with van der Waals surface area (Å²) in [5, 5.41) is 0. The molecule has 0 bridgehead atoms. The Morgan fingerprint density at radius 3 is 0.889 bits per heavy atom. The molecular weight excluding hydrogens is 480 g/mol. The maximum Gasteiger partial charge on any atom is 2.00 e. The molecule has 0 spiro atoms. The van der Waals surface area contributed by atoms with E-state index in [1.165, 1.54) is 0 Å². The molecule has 11 heteroatoms. The largest absolute Gasteiger partial charge is 2.00 e. The van der Waals surface area contributed by atoms with Crippen molar-refractivity contribution in [1.29, 1.82) is 0 Å². The molecule has 0 N–H and O–H groups in total. The van der Waals surface area contributed by atoms with E-state index in [1.54, 1.807) is 0 Å². The van der Waals surface area contributed by atoms with Crippen molar-refractivity contribution in [3.8, 4) is 0 Å². The third-order valence-electron chi connectivity index (χ3n) is 2.99. The van der Waals surface area contributed by atoms with E-state index in [4.69, 9.17) is 18.1 Å². The molecule has 6 nitrogen and oxygen atoms in total. The summed E-state index contributed by atoms with van der Waals surface area (Å²) in [6.45, 7) is 3.55. The summed E-state index contributed by atoms with van der Waals surface area (Å²) in [5.74, 6) is 0. The van der Waals surface area contributed by atoms with Gasteiger partial charge in [0, 0.05) is 0 Å². The summed E-state index contributed by atoms with van der Waals surface area (Å²) in [7, 11) is 0. The molecule has 0 aromatic heterocycles. The van der Waals surface area contributed by atoms with Gasteiger partial charge in [0.1, 0.15) is 13.4 Å². The van der Waals surface area contributed by atoms with Crippen LogP contribution in [-0.2, 0) is 61.2 Å². The Hall–Kier alpha value is 1.68. The van der Waals surface area contributed by atoms with Crippen molar-refractivity contribution < 1.29 is 47.4 Å². The molecule has 27 heavy (non-hydrogen) atoms. The molecule has 0 aliphatic rings. The van der Waals surface area contributed by atoms with Crippen molar-refractivity contribution in [3.63, 3.8) is 0 Å². The minimum absolute atomic E-state index is 0. The predicted molar refractivity (Wildman–Crippen MR) is 112 cm³/mol. The average Bonchev–Trinajstić information content (AvgIpc) is 2.56. The number of rotatable bonds is 16. The van der Waals surface area contributed by atoms with Gasteiger partial charge in [-0.1, -0.05) is 77.0 Å². The Morgan fingerprint density at radius 1 is 0.556 bits per heavy atom. The van der Waals surface area contributed by atoms with Crippen LogP contribution in [0.4, 0.5) is 0 Å². The van der Waals surface area contributed by atoms with E-state index in [9.17, 15) is 9.79 Å². The number of hydrogen-bond donors (Lipinski definition) is 0. The first-order valence-corrected chi connectivity index (χ1v) is 14.6. The Bertz CT molecular complexity index is 341. The van der Waals surface area contributed by atoms with Crippen molar-refractivity contribution in [1.82, 2.24) is 0 Å². The maximum atomic E-state index is 11.3. The molecule has 0 unspecified atom stereocenters. The van der Waals surface area contributed by atoms with E-state index in [0.29, 0.717) is 26.4 Å². The molecule has 0 aromatic rings. The van der Waals surface area contributed by atoms with Gasteiger partial charge in [0.25, 0.3) is 0 Å². The number of hydrogen-bond acceptors (Lipinski definition) is 8. The van der Waals surface area contributed by atoms with Crippen LogP contribution < -0.4 is 9.79 Å². The fourth-order valence-corrected chi connectivity index (χ4v) is 3.81. The Kier molecular flexibility index (Phi) is 27.6. The van der Waals surface area contributed by atoms with Crippen LogP contribution in [-0.4, -0.2) is 26.4 Å². The standard InChI is InChI=1S/2C8H19O3PS.Zn/c2*1-3-5-7-10-12(9,13)11-8-6-4-2;/h2*3-8H2,1-2H3,(H,9,13);/q;;+2/p-2. The molecule has 160 valence electrons. The molecule has 0 fully saturated rings. The first-order valence-electron chi connectivity index (χ1n) is 9.44. The van der Waals surface area contributed by atoms with Crippen molar-refractivity contribution in [2.24, 2.45) is 0 Å². The smallest absolute Gasteiger partial charge is 0.780 e. The molecule has 0 radical (unpaired) electrons. The SMILES string of the molecule is CCCCOP([O-])(=S)OCCCC.CCCCOP([O-])(=S)OCCCC.[Zn+2]. The quantitative estimate of drug-likeness (QED) is 0.170. The van der Waals surface area contributed by atoms with Gasteiger partial charge in [0.15, 0.2) is 0 Å². The fourth-order valence-electron chi connectivity index (χ4n) is 1.36. The van der Waals surface area contributed by atoms with Crippen LogP contribution in [0.3, 0.4) is 0 Å². The second kappa shape index (κ2) is 22.4. The molecule has 0 rings (SSSR count). The Balaban J connectivity index is -0.000000411. The van der Waals surface area contributed by atoms with E-state index in [1.807, 2.05) is 27.7 Å². The summed E-state index contributed by atoms with van der Waals surface area (Å²) in [6, 6.07) is 0. The van der Waals surface area contributed by atoms with Gasteiger partial charge in [0.05, 0.1) is 26.4 Å². The first-order chi connectivity index (χ1) is 12.2. The fraction of sp³-hybridized carbons (Fsp3) is 1.00. The molecule has 0 saturated heterocycles. The second-order valence-corrected chi connectivity index (χ2v) is 11.1. The van der Waals surface area contributed by atoms with Crippen LogP contribution in [0.15, 0.2) is 0 Å². The normalized spacial score (nSPS) is 11.5. The predicted octanol–water partition coefficient (Wildman–Crippen LogP) is 4.41. The maximum absolute atomic E-state index is 11.3. The van der Waals surface area contributed by atoms with E-state index in [-0.39, 0.29) is 19.5 Å². The van der Waals surface area contributed by atoms with Crippen LogP contribution in [0.1, 0.15) is 79.1 Å². The molecule has 0 aliphatic carbocycles. The molecular formula is C16H36O6P2S2Zn. The van der Waals surface area contributed by atoms with Gasteiger partial charge in [-0.05, 0) is 25.7 Å². The third-order valence-corrected chi connectivity index (χ3v) is 6.25. The minimum Gasteiger partial charge on any atom is -0.780 e. The van der Waals surface area contributed by atoms with Gasteiger partial charge in [-0.15, -0.1) is 0 Å². The van der Waals surface area contributed by atoms with Crippen LogP contribution in [0.2, 0.25) is 0 Å². The Morgan fingerprint density at radius 2 is 0.741 bits per heavy atom. The van der Waals surface area contributed by atoms with Gasteiger partial charge in [-0.25, -0.2) is 0 Å². The second-order valence-electron chi connectivity index (χ2n) is 5.64. The van der Waals surface area contributed by atoms with Gasteiger partial charge < -0.3 is 27.9 Å². The third kappa shape index (κ3) is 27.7. The molecule has 0 saturated carbocycles. The monoisotopic (exact) mass is 514 g/mol. The van der Waals surface area contributed by atoms with E-state index < -0.39 is 13.4 Å². The molecule has 0 heterocycles. The van der Waals surface area contributed by atoms with Crippen molar-refractivity contribution in [2.45, 2.75) is 79.1 Å². The van der Waals surface area contributed by atoms with Crippen molar-refractivity contribution in [3.05, 3.63) is 0 Å². The van der Waals surface area contributed by atoms with Gasteiger partial charge in [0.2, 0.25) is 0 Å². The van der Waals surface area contributed by atoms with Gasteiger partial charge >= 0.3 is 19.5 Å². The zero-order valence-corrected chi connectivity index (χ0v) is 23.7. The van der Waals surface area contributed by atoms with Crippen molar-refractivity contribution in [2.75, 3.05) is 26.4 Å². The minimum atomic E-state index is -3.17. The molecule has 0 aliphatic heterocycles. The summed E-state index contributed by atoms with van der Waals surface area (Å²) in [6.07, 6.45) is 7.51. The van der Waals surface area contributed by atoms with Crippen LogP contribution >= 0.6 is 13.4 Å².